The summed E-state index contributed by atoms with van der Waals surface area (Å²) in [6.45, 7) is 0.179. The van der Waals surface area contributed by atoms with Gasteiger partial charge in [0.05, 0.1) is 6.54 Å². The summed E-state index contributed by atoms with van der Waals surface area (Å²) < 4.78 is 51.0. The largest absolute Gasteiger partial charge is 0.573 e. The maximum Gasteiger partial charge on any atom is 0.573 e. The van der Waals surface area contributed by atoms with E-state index in [9.17, 15) is 22.8 Å². The van der Waals surface area contributed by atoms with E-state index in [4.69, 9.17) is 4.74 Å². The van der Waals surface area contributed by atoms with Crippen molar-refractivity contribution < 1.29 is 22.6 Å². The van der Waals surface area contributed by atoms with Crippen molar-refractivity contribution in [1.82, 2.24) is 18.7 Å². The van der Waals surface area contributed by atoms with Gasteiger partial charge in [0.25, 0.3) is 5.56 Å². The molecule has 0 saturated carbocycles. The number of halogens is 3. The van der Waals surface area contributed by atoms with E-state index in [1.54, 1.807) is 0 Å². The molecule has 0 aliphatic heterocycles. The zero-order chi connectivity index (χ0) is 23.0. The van der Waals surface area contributed by atoms with Gasteiger partial charge in [-0.1, -0.05) is 36.4 Å². The van der Waals surface area contributed by atoms with Gasteiger partial charge in [0.1, 0.15) is 11.5 Å². The van der Waals surface area contributed by atoms with Crippen LogP contribution in [0.2, 0.25) is 0 Å². The quantitative estimate of drug-likeness (QED) is 0.471. The highest BCUT2D eigenvalue weighted by atomic mass is 19.4. The summed E-state index contributed by atoms with van der Waals surface area (Å²) in [6.07, 6.45) is -4.86. The fourth-order valence-corrected chi connectivity index (χ4v) is 3.26. The maximum atomic E-state index is 12.9. The number of aromatic nitrogens is 4. The highest BCUT2D eigenvalue weighted by Gasteiger charge is 2.31. The fraction of sp³-hybridized carbons (Fsp3) is 0.190. The molecule has 2 aromatic carbocycles. The Morgan fingerprint density at radius 2 is 1.62 bits per heavy atom. The Morgan fingerprint density at radius 1 is 0.938 bits per heavy atom. The van der Waals surface area contributed by atoms with Crippen LogP contribution < -0.4 is 20.7 Å². The minimum absolute atomic E-state index is 0.0122. The maximum absolute atomic E-state index is 12.9. The molecule has 0 atom stereocenters. The lowest BCUT2D eigenvalue weighted by atomic mass is 10.2. The number of nitrogens with zero attached hydrogens (tertiary/aromatic N) is 4. The van der Waals surface area contributed by atoms with E-state index in [2.05, 4.69) is 9.72 Å². The van der Waals surface area contributed by atoms with E-state index in [-0.39, 0.29) is 29.5 Å². The van der Waals surface area contributed by atoms with Crippen LogP contribution in [0, 0.1) is 0 Å². The van der Waals surface area contributed by atoms with Crippen LogP contribution >= 0.6 is 0 Å². The molecule has 0 saturated heterocycles. The van der Waals surface area contributed by atoms with Crippen LogP contribution in [-0.4, -0.2) is 25.0 Å². The molecule has 0 spiro atoms. The number of rotatable bonds is 5. The van der Waals surface area contributed by atoms with Crippen LogP contribution in [0.15, 0.2) is 64.2 Å². The van der Waals surface area contributed by atoms with Crippen molar-refractivity contribution in [2.75, 3.05) is 0 Å². The third-order valence-electron chi connectivity index (χ3n) is 4.74. The van der Waals surface area contributed by atoms with Crippen LogP contribution in [-0.2, 0) is 20.6 Å². The zero-order valence-corrected chi connectivity index (χ0v) is 17.0. The zero-order valence-electron chi connectivity index (χ0n) is 17.0. The fourth-order valence-electron chi connectivity index (χ4n) is 3.26. The summed E-state index contributed by atoms with van der Waals surface area (Å²) >= 11 is 0. The molecule has 166 valence electrons. The number of ether oxygens (including phenoxy) is 2. The molecule has 0 aliphatic carbocycles. The van der Waals surface area contributed by atoms with Crippen LogP contribution in [0.25, 0.3) is 11.2 Å². The number of aryl methyl sites for hydroxylation is 1. The van der Waals surface area contributed by atoms with Crippen molar-refractivity contribution in [3.63, 3.8) is 0 Å². The van der Waals surface area contributed by atoms with E-state index < -0.39 is 23.4 Å². The summed E-state index contributed by atoms with van der Waals surface area (Å²) in [5.74, 6) is -0.456. The number of fused-ring (bicyclic) bond motifs is 1. The normalized spacial score (nSPS) is 11.7. The summed E-state index contributed by atoms with van der Waals surface area (Å²) in [6, 6.07) is 14.0. The minimum atomic E-state index is -4.86. The summed E-state index contributed by atoms with van der Waals surface area (Å²) in [5.41, 5.74) is -0.112. The molecule has 0 bridgehead atoms. The first-order chi connectivity index (χ1) is 15.1. The average Bonchev–Trinajstić information content (AvgIpc) is 3.08. The van der Waals surface area contributed by atoms with Gasteiger partial charge >= 0.3 is 18.1 Å². The summed E-state index contributed by atoms with van der Waals surface area (Å²) in [5, 5.41) is 0. The number of benzene rings is 2. The molecule has 32 heavy (non-hydrogen) atoms. The second-order valence-electron chi connectivity index (χ2n) is 6.97. The smallest absolute Gasteiger partial charge is 0.425 e. The molecule has 8 nitrogen and oxygen atoms in total. The van der Waals surface area contributed by atoms with Gasteiger partial charge in [0, 0.05) is 20.2 Å². The molecular formula is C21H17F3N4O4. The predicted molar refractivity (Wildman–Crippen MR) is 109 cm³/mol. The highest BCUT2D eigenvalue weighted by molar-refractivity contribution is 5.72. The first-order valence-electron chi connectivity index (χ1n) is 9.38. The molecule has 2 aromatic heterocycles. The van der Waals surface area contributed by atoms with E-state index >= 15 is 0 Å². The van der Waals surface area contributed by atoms with Crippen molar-refractivity contribution in [3.05, 3.63) is 81.0 Å². The molecule has 2 heterocycles. The van der Waals surface area contributed by atoms with Gasteiger partial charge in [0.2, 0.25) is 0 Å². The average molecular weight is 446 g/mol. The number of hydrogen-bond acceptors (Lipinski definition) is 5. The summed E-state index contributed by atoms with van der Waals surface area (Å²) in [4.78, 5) is 29.5. The molecule has 4 aromatic rings. The highest BCUT2D eigenvalue weighted by Crippen LogP contribution is 2.30. The van der Waals surface area contributed by atoms with Gasteiger partial charge in [-0.05, 0) is 17.7 Å². The first kappa shape index (κ1) is 21.2. The Morgan fingerprint density at radius 3 is 2.31 bits per heavy atom. The molecule has 0 fully saturated rings. The SMILES string of the molecule is Cn1c(=O)c2c(nc(Oc3cccc(OC(F)(F)F)c3)n2Cc2ccccc2)n(C)c1=O. The lowest BCUT2D eigenvalue weighted by molar-refractivity contribution is -0.274. The van der Waals surface area contributed by atoms with Crippen molar-refractivity contribution in [1.29, 1.82) is 0 Å². The van der Waals surface area contributed by atoms with E-state index in [0.29, 0.717) is 0 Å². The van der Waals surface area contributed by atoms with Gasteiger partial charge < -0.3 is 9.47 Å². The Hall–Kier alpha value is -4.02. The van der Waals surface area contributed by atoms with Crippen molar-refractivity contribution in [2.24, 2.45) is 14.1 Å². The number of alkyl halides is 3. The van der Waals surface area contributed by atoms with E-state index in [1.165, 1.54) is 35.4 Å². The standard InChI is InChI=1S/C21H17F3N4O4/c1-26-17-16(18(29)27(2)20(26)30)28(12-13-7-4-3-5-8-13)19(25-17)31-14-9-6-10-15(11-14)32-21(22,23)24/h3-11H,12H2,1-2H3. The lowest BCUT2D eigenvalue weighted by Gasteiger charge is -2.12. The first-order valence-corrected chi connectivity index (χ1v) is 9.38. The topological polar surface area (TPSA) is 80.3 Å². The number of imidazole rings is 1. The second kappa shape index (κ2) is 7.91. The van der Waals surface area contributed by atoms with E-state index in [0.717, 1.165) is 22.3 Å². The van der Waals surface area contributed by atoms with Crippen molar-refractivity contribution in [2.45, 2.75) is 12.9 Å². The molecule has 0 amide bonds. The second-order valence-corrected chi connectivity index (χ2v) is 6.97. The van der Waals surface area contributed by atoms with Gasteiger partial charge in [-0.15, -0.1) is 13.2 Å². The molecule has 0 unspecified atom stereocenters. The Bertz CT molecular complexity index is 1410. The van der Waals surface area contributed by atoms with Crippen LogP contribution in [0.5, 0.6) is 17.5 Å². The van der Waals surface area contributed by atoms with Gasteiger partial charge in [0.15, 0.2) is 11.2 Å². The van der Waals surface area contributed by atoms with Crippen molar-refractivity contribution in [3.8, 4) is 17.5 Å². The molecular weight excluding hydrogens is 429 g/mol. The Kier molecular flexibility index (Phi) is 5.25. The summed E-state index contributed by atoms with van der Waals surface area (Å²) in [7, 11) is 2.81. The van der Waals surface area contributed by atoms with Crippen LogP contribution in [0.4, 0.5) is 13.2 Å². The predicted octanol–water partition coefficient (Wildman–Crippen LogP) is 3.17. The van der Waals surface area contributed by atoms with Crippen molar-refractivity contribution >= 4 is 11.2 Å². The minimum Gasteiger partial charge on any atom is -0.425 e. The van der Waals surface area contributed by atoms with Gasteiger partial charge in [-0.3, -0.25) is 18.5 Å². The third-order valence-corrected chi connectivity index (χ3v) is 4.74. The van der Waals surface area contributed by atoms with E-state index in [1.807, 2.05) is 30.3 Å². The van der Waals surface area contributed by atoms with Crippen LogP contribution in [0.1, 0.15) is 5.56 Å². The monoisotopic (exact) mass is 446 g/mol. The molecule has 0 aliphatic rings. The Labute approximate surface area is 178 Å². The molecule has 4 rings (SSSR count). The molecule has 0 N–H and O–H groups in total. The van der Waals surface area contributed by atoms with Gasteiger partial charge in [-0.2, -0.15) is 4.98 Å². The third kappa shape index (κ3) is 4.09. The number of hydrogen-bond donors (Lipinski definition) is 0. The Balaban J connectivity index is 1.86. The van der Waals surface area contributed by atoms with Crippen LogP contribution in [0.3, 0.4) is 0 Å². The van der Waals surface area contributed by atoms with Gasteiger partial charge in [-0.25, -0.2) is 4.79 Å². The lowest BCUT2D eigenvalue weighted by Crippen LogP contribution is -2.37. The molecule has 0 radical (unpaired) electrons. The molecule has 11 heteroatoms.